The number of aromatic nitrogens is 2. The molecule has 0 aliphatic heterocycles. The maximum Gasteiger partial charge on any atom is 0.417 e. The molecular weight excluding hydrogens is 447 g/mol. The maximum absolute atomic E-state index is 12.9. The van der Waals surface area contributed by atoms with Crippen molar-refractivity contribution >= 4 is 23.0 Å². The summed E-state index contributed by atoms with van der Waals surface area (Å²) >= 11 is 0. The highest BCUT2D eigenvalue weighted by atomic mass is 19.4. The number of phenolic OH excluding ortho intramolecular Hbond substituents is 1. The lowest BCUT2D eigenvalue weighted by Gasteiger charge is -2.09. The van der Waals surface area contributed by atoms with E-state index in [4.69, 9.17) is 5.26 Å². The molecule has 4 aromatic rings. The summed E-state index contributed by atoms with van der Waals surface area (Å²) in [5, 5.41) is 23.2. The van der Waals surface area contributed by atoms with Crippen molar-refractivity contribution in [2.45, 2.75) is 12.7 Å². The number of phenols is 1. The van der Waals surface area contributed by atoms with Gasteiger partial charge in [-0.25, -0.2) is 5.43 Å². The van der Waals surface area contributed by atoms with Gasteiger partial charge in [0.1, 0.15) is 11.8 Å². The van der Waals surface area contributed by atoms with Gasteiger partial charge in [0, 0.05) is 41.6 Å². The van der Waals surface area contributed by atoms with Crippen molar-refractivity contribution in [1.29, 1.82) is 5.26 Å². The highest BCUT2D eigenvalue weighted by molar-refractivity contribution is 5.96. The van der Waals surface area contributed by atoms with Gasteiger partial charge in [-0.1, -0.05) is 6.07 Å². The fraction of sp³-hybridized carbons (Fsp3) is 0.0833. The normalized spacial score (nSPS) is 11.6. The Kier molecular flexibility index (Phi) is 6.01. The standard InChI is InChI=1S/C24H16F3N5O2/c25-24(26,27)20-8-16(11-29-13-20)14-32-6-5-17-7-15(1-3-21(17)32)12-30-31-23(34)18-2-4-22(33)19(9-18)10-28/h1-9,11-13,33H,14H2,(H,31,34). The lowest BCUT2D eigenvalue weighted by atomic mass is 10.1. The van der Waals surface area contributed by atoms with Crippen LogP contribution in [0.1, 0.15) is 32.6 Å². The Labute approximate surface area is 191 Å². The van der Waals surface area contributed by atoms with Crippen molar-refractivity contribution < 1.29 is 23.1 Å². The molecule has 0 bridgehead atoms. The number of pyridine rings is 1. The van der Waals surface area contributed by atoms with E-state index in [0.717, 1.165) is 23.2 Å². The quantitative estimate of drug-likeness (QED) is 0.337. The predicted molar refractivity (Wildman–Crippen MR) is 118 cm³/mol. The Hall–Kier alpha value is -4.65. The van der Waals surface area contributed by atoms with Crippen molar-refractivity contribution in [3.63, 3.8) is 0 Å². The molecule has 2 aromatic carbocycles. The third kappa shape index (κ3) is 4.88. The number of benzene rings is 2. The molecule has 0 radical (unpaired) electrons. The summed E-state index contributed by atoms with van der Waals surface area (Å²) in [4.78, 5) is 15.9. The minimum atomic E-state index is -4.45. The average molecular weight is 463 g/mol. The molecule has 0 aliphatic carbocycles. The first-order valence-corrected chi connectivity index (χ1v) is 9.91. The Bertz CT molecular complexity index is 1450. The SMILES string of the molecule is N#Cc1cc(C(=O)NN=Cc2ccc3c(ccn3Cc3cncc(C(F)(F)F)c3)c2)ccc1O. The summed E-state index contributed by atoms with van der Waals surface area (Å²) in [6.45, 7) is 0.223. The number of nitriles is 1. The Morgan fingerprint density at radius 1 is 1.18 bits per heavy atom. The first-order valence-electron chi connectivity index (χ1n) is 9.91. The number of carbonyl (C=O) groups is 1. The number of amides is 1. The summed E-state index contributed by atoms with van der Waals surface area (Å²) in [7, 11) is 0. The first kappa shape index (κ1) is 22.5. The van der Waals surface area contributed by atoms with Crippen LogP contribution in [0.3, 0.4) is 0 Å². The molecule has 34 heavy (non-hydrogen) atoms. The zero-order valence-corrected chi connectivity index (χ0v) is 17.4. The zero-order valence-electron chi connectivity index (χ0n) is 17.4. The van der Waals surface area contributed by atoms with Gasteiger partial charge in [-0.3, -0.25) is 9.78 Å². The minimum Gasteiger partial charge on any atom is -0.507 e. The van der Waals surface area contributed by atoms with E-state index in [-0.39, 0.29) is 23.4 Å². The number of hydrogen-bond donors (Lipinski definition) is 2. The van der Waals surface area contributed by atoms with Gasteiger partial charge in [0.25, 0.3) is 5.91 Å². The monoisotopic (exact) mass is 463 g/mol. The van der Waals surface area contributed by atoms with E-state index in [1.165, 1.54) is 30.6 Å². The third-order valence-corrected chi connectivity index (χ3v) is 5.03. The van der Waals surface area contributed by atoms with Crippen molar-refractivity contribution in [1.82, 2.24) is 15.0 Å². The van der Waals surface area contributed by atoms with Gasteiger partial charge in [0.15, 0.2) is 0 Å². The molecule has 0 aliphatic rings. The van der Waals surface area contributed by atoms with E-state index < -0.39 is 17.6 Å². The van der Waals surface area contributed by atoms with E-state index >= 15 is 0 Å². The van der Waals surface area contributed by atoms with Gasteiger partial charge in [0.05, 0.1) is 17.3 Å². The fourth-order valence-electron chi connectivity index (χ4n) is 3.36. The molecule has 0 saturated carbocycles. The highest BCUT2D eigenvalue weighted by Crippen LogP contribution is 2.29. The predicted octanol–water partition coefficient (Wildman–Crippen LogP) is 4.44. The molecular formula is C24H16F3N5O2. The Morgan fingerprint density at radius 2 is 2.00 bits per heavy atom. The van der Waals surface area contributed by atoms with Crippen LogP contribution in [0.2, 0.25) is 0 Å². The number of hydrazone groups is 1. The van der Waals surface area contributed by atoms with Crippen LogP contribution in [-0.4, -0.2) is 26.8 Å². The van der Waals surface area contributed by atoms with Crippen LogP contribution in [-0.2, 0) is 12.7 Å². The van der Waals surface area contributed by atoms with Gasteiger partial charge < -0.3 is 9.67 Å². The van der Waals surface area contributed by atoms with E-state index in [9.17, 15) is 23.1 Å². The van der Waals surface area contributed by atoms with Crippen LogP contribution in [0.4, 0.5) is 13.2 Å². The highest BCUT2D eigenvalue weighted by Gasteiger charge is 2.31. The van der Waals surface area contributed by atoms with E-state index in [1.807, 2.05) is 16.7 Å². The van der Waals surface area contributed by atoms with Crippen LogP contribution in [0.5, 0.6) is 5.75 Å². The van der Waals surface area contributed by atoms with Crippen molar-refractivity contribution in [2.75, 3.05) is 0 Å². The number of carbonyl (C=O) groups excluding carboxylic acids is 1. The largest absolute Gasteiger partial charge is 0.507 e. The molecule has 0 unspecified atom stereocenters. The first-order chi connectivity index (χ1) is 16.2. The summed E-state index contributed by atoms with van der Waals surface area (Å²) in [5.41, 5.74) is 3.64. The number of rotatable bonds is 5. The van der Waals surface area contributed by atoms with Crippen LogP contribution in [0.25, 0.3) is 10.9 Å². The second-order valence-electron chi connectivity index (χ2n) is 7.38. The van der Waals surface area contributed by atoms with Crippen molar-refractivity contribution in [3.8, 4) is 11.8 Å². The fourth-order valence-corrected chi connectivity index (χ4v) is 3.36. The molecule has 0 fully saturated rings. The molecule has 1 amide bonds. The lowest BCUT2D eigenvalue weighted by molar-refractivity contribution is -0.137. The Balaban J connectivity index is 1.46. The van der Waals surface area contributed by atoms with Gasteiger partial charge in [-0.15, -0.1) is 0 Å². The molecule has 10 heteroatoms. The molecule has 4 rings (SSSR count). The van der Waals surface area contributed by atoms with Crippen molar-refractivity contribution in [3.05, 3.63) is 94.9 Å². The lowest BCUT2D eigenvalue weighted by Crippen LogP contribution is -2.17. The Morgan fingerprint density at radius 3 is 2.76 bits per heavy atom. The molecule has 2 aromatic heterocycles. The second-order valence-corrected chi connectivity index (χ2v) is 7.38. The number of fused-ring (bicyclic) bond motifs is 1. The number of hydrogen-bond acceptors (Lipinski definition) is 5. The molecule has 0 saturated heterocycles. The molecule has 2 heterocycles. The molecule has 7 nitrogen and oxygen atoms in total. The van der Waals surface area contributed by atoms with Gasteiger partial charge in [-0.05, 0) is 53.6 Å². The van der Waals surface area contributed by atoms with E-state index in [2.05, 4.69) is 15.5 Å². The zero-order chi connectivity index (χ0) is 24.3. The van der Waals surface area contributed by atoms with Crippen LogP contribution in [0, 0.1) is 11.3 Å². The number of alkyl halides is 3. The van der Waals surface area contributed by atoms with E-state index in [1.54, 1.807) is 24.4 Å². The van der Waals surface area contributed by atoms with Crippen LogP contribution in [0.15, 0.2) is 72.2 Å². The van der Waals surface area contributed by atoms with Gasteiger partial charge in [0.2, 0.25) is 0 Å². The van der Waals surface area contributed by atoms with Gasteiger partial charge >= 0.3 is 6.18 Å². The van der Waals surface area contributed by atoms with E-state index in [0.29, 0.717) is 11.1 Å². The number of nitrogens with one attached hydrogen (secondary N) is 1. The summed E-state index contributed by atoms with van der Waals surface area (Å²) in [6, 6.07) is 14.0. The number of halogens is 3. The third-order valence-electron chi connectivity index (χ3n) is 5.03. The second kappa shape index (κ2) is 9.07. The smallest absolute Gasteiger partial charge is 0.417 e. The maximum atomic E-state index is 12.9. The molecule has 0 atom stereocenters. The molecule has 170 valence electrons. The minimum absolute atomic E-state index is 0.0208. The van der Waals surface area contributed by atoms with Crippen LogP contribution < -0.4 is 5.43 Å². The topological polar surface area (TPSA) is 103 Å². The number of nitrogens with zero attached hydrogens (tertiary/aromatic N) is 4. The molecule has 0 spiro atoms. The molecule has 2 N–H and O–H groups in total. The summed E-state index contributed by atoms with van der Waals surface area (Å²) in [5.74, 6) is -0.762. The summed E-state index contributed by atoms with van der Waals surface area (Å²) in [6.07, 6.45) is 0.957. The number of aromatic hydroxyl groups is 1. The van der Waals surface area contributed by atoms with Crippen molar-refractivity contribution in [2.24, 2.45) is 5.10 Å². The average Bonchev–Trinajstić information content (AvgIpc) is 3.21. The summed E-state index contributed by atoms with van der Waals surface area (Å²) < 4.78 is 40.6. The van der Waals surface area contributed by atoms with Gasteiger partial charge in [-0.2, -0.15) is 23.5 Å². The van der Waals surface area contributed by atoms with Crippen LogP contribution >= 0.6 is 0 Å².